The Labute approximate surface area is 173 Å². The van der Waals surface area contributed by atoms with Crippen LogP contribution in [0.5, 0.6) is 11.5 Å². The fourth-order valence-corrected chi connectivity index (χ4v) is 3.08. The lowest BCUT2D eigenvalue weighted by atomic mass is 10.1. The van der Waals surface area contributed by atoms with Gasteiger partial charge in [-0.25, -0.2) is 4.98 Å². The number of hydrogen-bond acceptors (Lipinski definition) is 5. The van der Waals surface area contributed by atoms with Gasteiger partial charge in [-0.2, -0.15) is 5.10 Å². The van der Waals surface area contributed by atoms with Gasteiger partial charge in [0.15, 0.2) is 0 Å². The molecule has 11 heteroatoms. The van der Waals surface area contributed by atoms with Crippen LogP contribution in [-0.4, -0.2) is 39.1 Å². The highest BCUT2D eigenvalue weighted by molar-refractivity contribution is 6.05. The van der Waals surface area contributed by atoms with Gasteiger partial charge in [-0.3, -0.25) is 14.8 Å². The molecular formula is C20H16F3N5O3. The number of ether oxygens (including phenoxy) is 2. The van der Waals surface area contributed by atoms with E-state index in [-0.39, 0.29) is 11.5 Å². The number of halogens is 3. The lowest BCUT2D eigenvalue weighted by molar-refractivity contribution is -0.274. The smallest absolute Gasteiger partial charge is 0.494 e. The number of hydrogen-bond donors (Lipinski definition) is 2. The zero-order valence-electron chi connectivity index (χ0n) is 16.3. The molecular weight excluding hydrogens is 415 g/mol. The molecule has 0 spiro atoms. The van der Waals surface area contributed by atoms with Gasteiger partial charge in [0.05, 0.1) is 13.3 Å². The van der Waals surface area contributed by atoms with E-state index < -0.39 is 18.0 Å². The summed E-state index contributed by atoms with van der Waals surface area (Å²) in [4.78, 5) is 20.0. The van der Waals surface area contributed by atoms with Crippen molar-refractivity contribution in [1.82, 2.24) is 19.7 Å². The van der Waals surface area contributed by atoms with Crippen molar-refractivity contribution in [1.29, 1.82) is 0 Å². The van der Waals surface area contributed by atoms with E-state index in [0.29, 0.717) is 16.8 Å². The quantitative estimate of drug-likeness (QED) is 0.496. The van der Waals surface area contributed by atoms with E-state index in [4.69, 9.17) is 4.74 Å². The van der Waals surface area contributed by atoms with Crippen LogP contribution in [0.3, 0.4) is 0 Å². The summed E-state index contributed by atoms with van der Waals surface area (Å²) in [7, 11) is 3.31. The molecule has 0 unspecified atom stereocenters. The Morgan fingerprint density at radius 3 is 2.52 bits per heavy atom. The number of imidazole rings is 1. The van der Waals surface area contributed by atoms with Gasteiger partial charge in [0.1, 0.15) is 22.5 Å². The molecule has 0 saturated heterocycles. The van der Waals surface area contributed by atoms with Crippen molar-refractivity contribution in [3.63, 3.8) is 0 Å². The first-order valence-electron chi connectivity index (χ1n) is 8.96. The Balaban J connectivity index is 1.62. The predicted octanol–water partition coefficient (Wildman–Crippen LogP) is 4.12. The second kappa shape index (κ2) is 7.67. The minimum Gasteiger partial charge on any atom is -0.494 e. The summed E-state index contributed by atoms with van der Waals surface area (Å²) < 4.78 is 47.7. The minimum absolute atomic E-state index is 0.134. The molecule has 0 atom stereocenters. The summed E-state index contributed by atoms with van der Waals surface area (Å²) in [6.45, 7) is 0. The van der Waals surface area contributed by atoms with E-state index in [1.165, 1.54) is 19.2 Å². The first-order valence-corrected chi connectivity index (χ1v) is 8.96. The topological polar surface area (TPSA) is 94.1 Å². The molecule has 2 N–H and O–H groups in total. The highest BCUT2D eigenvalue weighted by Crippen LogP contribution is 2.34. The van der Waals surface area contributed by atoms with Crippen molar-refractivity contribution in [2.75, 3.05) is 12.4 Å². The lowest BCUT2D eigenvalue weighted by Gasteiger charge is -2.09. The number of nitrogens with one attached hydrogen (secondary N) is 2. The van der Waals surface area contributed by atoms with Gasteiger partial charge < -0.3 is 14.5 Å². The number of benzene rings is 2. The second-order valence-electron chi connectivity index (χ2n) is 6.55. The summed E-state index contributed by atoms with van der Waals surface area (Å²) in [6, 6.07) is 8.17. The van der Waals surface area contributed by atoms with Crippen LogP contribution in [0, 0.1) is 0 Å². The van der Waals surface area contributed by atoms with Crippen LogP contribution >= 0.6 is 0 Å². The largest absolute Gasteiger partial charge is 0.573 e. The third-order valence-electron chi connectivity index (χ3n) is 4.42. The maximum atomic E-state index is 12.5. The van der Waals surface area contributed by atoms with E-state index in [1.807, 2.05) is 12.3 Å². The van der Waals surface area contributed by atoms with Crippen molar-refractivity contribution in [2.24, 2.45) is 7.05 Å². The van der Waals surface area contributed by atoms with Crippen LogP contribution in [0.2, 0.25) is 0 Å². The van der Waals surface area contributed by atoms with Crippen molar-refractivity contribution < 1.29 is 27.4 Å². The molecule has 0 radical (unpaired) electrons. The van der Waals surface area contributed by atoms with Gasteiger partial charge in [-0.15, -0.1) is 13.2 Å². The SMILES string of the molecule is COc1ccc(-c2cnn(C)c2)c2nc(NC(=O)c3ccc(OC(F)(F)F)cc3)[nH]c12. The minimum atomic E-state index is -4.80. The molecule has 0 saturated carbocycles. The summed E-state index contributed by atoms with van der Waals surface area (Å²) in [6.07, 6.45) is -1.28. The Bertz CT molecular complexity index is 1250. The van der Waals surface area contributed by atoms with E-state index >= 15 is 0 Å². The zero-order valence-corrected chi connectivity index (χ0v) is 16.3. The number of fused-ring (bicyclic) bond motifs is 1. The Morgan fingerprint density at radius 1 is 1.16 bits per heavy atom. The highest BCUT2D eigenvalue weighted by Gasteiger charge is 2.31. The molecule has 0 fully saturated rings. The number of rotatable bonds is 5. The van der Waals surface area contributed by atoms with Crippen LogP contribution < -0.4 is 14.8 Å². The maximum absolute atomic E-state index is 12.5. The standard InChI is InChI=1S/C20H16F3N5O3/c1-28-10-12(9-24-28)14-7-8-15(30-2)17-16(14)25-19(26-17)27-18(29)11-3-5-13(6-4-11)31-20(21,22)23/h3-10H,1-2H3,(H2,25,26,27,29). The highest BCUT2D eigenvalue weighted by atomic mass is 19.4. The van der Waals surface area contributed by atoms with Crippen LogP contribution in [0.1, 0.15) is 10.4 Å². The van der Waals surface area contributed by atoms with Crippen molar-refractivity contribution in [2.45, 2.75) is 6.36 Å². The van der Waals surface area contributed by atoms with Gasteiger partial charge in [-0.1, -0.05) is 0 Å². The molecule has 4 aromatic rings. The number of amides is 1. The zero-order chi connectivity index (χ0) is 22.2. The van der Waals surface area contributed by atoms with Gasteiger partial charge in [-0.05, 0) is 36.4 Å². The number of carbonyl (C=O) groups is 1. The summed E-state index contributed by atoms with van der Waals surface area (Å²) >= 11 is 0. The maximum Gasteiger partial charge on any atom is 0.573 e. The number of carbonyl (C=O) groups excluding carboxylic acids is 1. The molecule has 2 heterocycles. The first-order chi connectivity index (χ1) is 14.7. The monoisotopic (exact) mass is 431 g/mol. The normalized spacial score (nSPS) is 11.5. The average molecular weight is 431 g/mol. The first kappa shape index (κ1) is 20.3. The number of aromatic amines is 1. The molecule has 31 heavy (non-hydrogen) atoms. The summed E-state index contributed by atoms with van der Waals surface area (Å²) in [5.74, 6) is -0.285. The third-order valence-corrected chi connectivity index (χ3v) is 4.42. The van der Waals surface area contributed by atoms with Crippen LogP contribution in [0.15, 0.2) is 48.8 Å². The number of anilines is 1. The molecule has 0 aliphatic carbocycles. The number of nitrogens with zero attached hydrogens (tertiary/aromatic N) is 3. The van der Waals surface area contributed by atoms with Gasteiger partial charge in [0.25, 0.3) is 5.91 Å². The van der Waals surface area contributed by atoms with E-state index in [1.54, 1.807) is 24.0 Å². The fraction of sp³-hybridized carbons (Fsp3) is 0.150. The van der Waals surface area contributed by atoms with Crippen LogP contribution in [-0.2, 0) is 7.05 Å². The van der Waals surface area contributed by atoms with Gasteiger partial charge in [0.2, 0.25) is 5.95 Å². The molecule has 1 amide bonds. The number of aromatic nitrogens is 4. The Hall–Kier alpha value is -4.02. The van der Waals surface area contributed by atoms with E-state index in [9.17, 15) is 18.0 Å². The summed E-state index contributed by atoms with van der Waals surface area (Å²) in [5.41, 5.74) is 2.90. The molecule has 160 valence electrons. The third kappa shape index (κ3) is 4.29. The predicted molar refractivity (Wildman–Crippen MR) is 106 cm³/mol. The van der Waals surface area contributed by atoms with E-state index in [2.05, 4.69) is 25.1 Å². The van der Waals surface area contributed by atoms with Gasteiger partial charge >= 0.3 is 6.36 Å². The Kier molecular flexibility index (Phi) is 5.01. The second-order valence-corrected chi connectivity index (χ2v) is 6.55. The summed E-state index contributed by atoms with van der Waals surface area (Å²) in [5, 5.41) is 6.77. The molecule has 0 aliphatic heterocycles. The van der Waals surface area contributed by atoms with Crippen molar-refractivity contribution in [3.05, 3.63) is 54.4 Å². The molecule has 0 bridgehead atoms. The van der Waals surface area contributed by atoms with Crippen molar-refractivity contribution in [3.8, 4) is 22.6 Å². The molecule has 2 aromatic heterocycles. The lowest BCUT2D eigenvalue weighted by Crippen LogP contribution is -2.17. The fourth-order valence-electron chi connectivity index (χ4n) is 3.08. The average Bonchev–Trinajstić information content (AvgIpc) is 3.32. The van der Waals surface area contributed by atoms with Crippen LogP contribution in [0.25, 0.3) is 22.2 Å². The number of H-pyrrole nitrogens is 1. The van der Waals surface area contributed by atoms with Gasteiger partial charge in [0, 0.05) is 29.9 Å². The Morgan fingerprint density at radius 2 is 1.90 bits per heavy atom. The molecule has 8 nitrogen and oxygen atoms in total. The number of methoxy groups -OCH3 is 1. The van der Waals surface area contributed by atoms with Crippen LogP contribution in [0.4, 0.5) is 19.1 Å². The number of alkyl halides is 3. The van der Waals surface area contributed by atoms with Crippen molar-refractivity contribution >= 4 is 22.9 Å². The van der Waals surface area contributed by atoms with E-state index in [0.717, 1.165) is 23.3 Å². The number of aryl methyl sites for hydroxylation is 1. The molecule has 2 aromatic carbocycles. The molecule has 0 aliphatic rings. The molecule has 4 rings (SSSR count).